The first-order chi connectivity index (χ1) is 13.7. The van der Waals surface area contributed by atoms with Gasteiger partial charge in [0.2, 0.25) is 0 Å². The SMILES string of the molecule is N#Cc1ccc(CN2CCC(c3n[nH]c(=O)n3Cc3ccccc3)CC2)cc1. The fourth-order valence-electron chi connectivity index (χ4n) is 3.85. The minimum atomic E-state index is -0.140. The van der Waals surface area contributed by atoms with Crippen molar-refractivity contribution >= 4 is 0 Å². The quantitative estimate of drug-likeness (QED) is 0.746. The zero-order valence-electron chi connectivity index (χ0n) is 15.7. The maximum atomic E-state index is 12.3. The molecule has 0 aliphatic carbocycles. The van der Waals surface area contributed by atoms with E-state index in [1.807, 2.05) is 54.6 Å². The van der Waals surface area contributed by atoms with Crippen LogP contribution in [0.4, 0.5) is 0 Å². The first-order valence-corrected chi connectivity index (χ1v) is 9.63. The molecular formula is C22H23N5O. The van der Waals surface area contributed by atoms with E-state index in [1.54, 1.807) is 4.57 Å². The van der Waals surface area contributed by atoms with Crippen LogP contribution < -0.4 is 5.69 Å². The largest absolute Gasteiger partial charge is 0.343 e. The molecule has 0 atom stereocenters. The minimum absolute atomic E-state index is 0.140. The number of aromatic nitrogens is 3. The van der Waals surface area contributed by atoms with Gasteiger partial charge in [-0.2, -0.15) is 10.4 Å². The molecule has 0 saturated carbocycles. The van der Waals surface area contributed by atoms with Gasteiger partial charge in [0.15, 0.2) is 0 Å². The summed E-state index contributed by atoms with van der Waals surface area (Å²) in [6, 6.07) is 20.0. The van der Waals surface area contributed by atoms with Crippen LogP contribution in [0.2, 0.25) is 0 Å². The molecule has 142 valence electrons. The summed E-state index contributed by atoms with van der Waals surface area (Å²) in [5.41, 5.74) is 2.87. The maximum Gasteiger partial charge on any atom is 0.343 e. The number of aromatic amines is 1. The van der Waals surface area contributed by atoms with Crippen LogP contribution in [0, 0.1) is 11.3 Å². The van der Waals surface area contributed by atoms with E-state index in [0.29, 0.717) is 18.0 Å². The lowest BCUT2D eigenvalue weighted by Crippen LogP contribution is -2.34. The summed E-state index contributed by atoms with van der Waals surface area (Å²) in [6.07, 6.45) is 1.96. The van der Waals surface area contributed by atoms with Gasteiger partial charge in [-0.1, -0.05) is 42.5 Å². The Bertz CT molecular complexity index is 1010. The normalized spacial score (nSPS) is 15.4. The highest BCUT2D eigenvalue weighted by Gasteiger charge is 2.25. The van der Waals surface area contributed by atoms with Crippen LogP contribution in [0.25, 0.3) is 0 Å². The molecule has 2 aromatic carbocycles. The highest BCUT2D eigenvalue weighted by molar-refractivity contribution is 5.31. The standard InChI is InChI=1S/C22H23N5O/c23-14-17-6-8-19(9-7-17)15-26-12-10-20(11-13-26)21-24-25-22(28)27(21)16-18-4-2-1-3-5-18/h1-9,20H,10-13,15-16H2,(H,25,28). The molecule has 28 heavy (non-hydrogen) atoms. The van der Waals surface area contributed by atoms with Crippen molar-refractivity contribution in [3.05, 3.63) is 87.6 Å². The van der Waals surface area contributed by atoms with Crippen molar-refractivity contribution in [2.45, 2.75) is 31.8 Å². The Morgan fingerprint density at radius 3 is 2.36 bits per heavy atom. The Balaban J connectivity index is 1.40. The van der Waals surface area contributed by atoms with Gasteiger partial charge in [0, 0.05) is 12.5 Å². The highest BCUT2D eigenvalue weighted by atomic mass is 16.1. The third-order valence-corrected chi connectivity index (χ3v) is 5.41. The molecule has 0 bridgehead atoms. The van der Waals surface area contributed by atoms with Crippen molar-refractivity contribution in [1.29, 1.82) is 5.26 Å². The Morgan fingerprint density at radius 2 is 1.68 bits per heavy atom. The lowest BCUT2D eigenvalue weighted by Gasteiger charge is -2.31. The number of piperidine rings is 1. The molecule has 4 rings (SSSR count). The molecule has 1 saturated heterocycles. The number of nitrogens with one attached hydrogen (secondary N) is 1. The predicted octanol–water partition coefficient (Wildman–Crippen LogP) is 2.87. The van der Waals surface area contributed by atoms with Crippen LogP contribution in [-0.4, -0.2) is 32.8 Å². The number of rotatable bonds is 5. The predicted molar refractivity (Wildman–Crippen MR) is 107 cm³/mol. The first kappa shape index (κ1) is 18.2. The Kier molecular flexibility index (Phi) is 5.36. The number of hydrogen-bond donors (Lipinski definition) is 1. The molecule has 2 heterocycles. The van der Waals surface area contributed by atoms with Crippen molar-refractivity contribution in [2.75, 3.05) is 13.1 Å². The average molecular weight is 373 g/mol. The van der Waals surface area contributed by atoms with Gasteiger partial charge in [0.1, 0.15) is 5.82 Å². The summed E-state index contributed by atoms with van der Waals surface area (Å²) in [6.45, 7) is 3.38. The van der Waals surface area contributed by atoms with E-state index < -0.39 is 0 Å². The summed E-state index contributed by atoms with van der Waals surface area (Å²) in [5, 5.41) is 15.9. The first-order valence-electron chi connectivity index (χ1n) is 9.63. The van der Waals surface area contributed by atoms with Gasteiger partial charge in [-0.3, -0.25) is 9.47 Å². The average Bonchev–Trinajstić information content (AvgIpc) is 3.10. The van der Waals surface area contributed by atoms with Gasteiger partial charge in [-0.25, -0.2) is 9.89 Å². The number of hydrogen-bond acceptors (Lipinski definition) is 4. The number of nitrogens with zero attached hydrogens (tertiary/aromatic N) is 4. The number of likely N-dealkylation sites (tertiary alicyclic amines) is 1. The van der Waals surface area contributed by atoms with Gasteiger partial charge in [-0.05, 0) is 49.2 Å². The second-order valence-corrected chi connectivity index (χ2v) is 7.32. The molecule has 0 radical (unpaired) electrons. The minimum Gasteiger partial charge on any atom is -0.299 e. The van der Waals surface area contributed by atoms with Crippen LogP contribution in [0.1, 0.15) is 41.3 Å². The van der Waals surface area contributed by atoms with E-state index in [-0.39, 0.29) is 5.69 Å². The highest BCUT2D eigenvalue weighted by Crippen LogP contribution is 2.27. The fraction of sp³-hybridized carbons (Fsp3) is 0.318. The second kappa shape index (κ2) is 8.24. The van der Waals surface area contributed by atoms with Crippen molar-refractivity contribution in [3.8, 4) is 6.07 Å². The summed E-state index contributed by atoms with van der Waals surface area (Å²) in [5.74, 6) is 1.16. The number of nitriles is 1. The lowest BCUT2D eigenvalue weighted by atomic mass is 9.95. The van der Waals surface area contributed by atoms with Crippen LogP contribution >= 0.6 is 0 Å². The van der Waals surface area contributed by atoms with Crippen LogP contribution in [-0.2, 0) is 13.1 Å². The van der Waals surface area contributed by atoms with Crippen molar-refractivity contribution in [2.24, 2.45) is 0 Å². The van der Waals surface area contributed by atoms with Gasteiger partial charge in [0.25, 0.3) is 0 Å². The van der Waals surface area contributed by atoms with E-state index in [9.17, 15) is 4.79 Å². The van der Waals surface area contributed by atoms with Crippen LogP contribution in [0.3, 0.4) is 0 Å². The topological polar surface area (TPSA) is 77.7 Å². The van der Waals surface area contributed by atoms with Crippen molar-refractivity contribution in [1.82, 2.24) is 19.7 Å². The molecule has 1 aromatic heterocycles. The van der Waals surface area contributed by atoms with E-state index in [1.165, 1.54) is 5.56 Å². The van der Waals surface area contributed by atoms with E-state index in [4.69, 9.17) is 5.26 Å². The fourth-order valence-corrected chi connectivity index (χ4v) is 3.85. The molecule has 0 unspecified atom stereocenters. The molecule has 3 aromatic rings. The molecule has 1 N–H and O–H groups in total. The van der Waals surface area contributed by atoms with E-state index in [0.717, 1.165) is 43.9 Å². The summed E-state index contributed by atoms with van der Waals surface area (Å²) >= 11 is 0. The molecule has 0 amide bonds. The monoisotopic (exact) mass is 373 g/mol. The maximum absolute atomic E-state index is 12.3. The molecular weight excluding hydrogens is 350 g/mol. The number of H-pyrrole nitrogens is 1. The molecule has 0 spiro atoms. The van der Waals surface area contributed by atoms with E-state index >= 15 is 0 Å². The Hall–Kier alpha value is -3.17. The molecule has 1 fully saturated rings. The van der Waals surface area contributed by atoms with Crippen molar-refractivity contribution in [3.63, 3.8) is 0 Å². The number of benzene rings is 2. The molecule has 1 aliphatic rings. The van der Waals surface area contributed by atoms with Gasteiger partial charge in [0.05, 0.1) is 18.2 Å². The molecule has 6 nitrogen and oxygen atoms in total. The molecule has 6 heteroatoms. The zero-order valence-corrected chi connectivity index (χ0v) is 15.7. The second-order valence-electron chi connectivity index (χ2n) is 7.32. The Morgan fingerprint density at radius 1 is 1.00 bits per heavy atom. The van der Waals surface area contributed by atoms with E-state index in [2.05, 4.69) is 21.2 Å². The van der Waals surface area contributed by atoms with Crippen LogP contribution in [0.15, 0.2) is 59.4 Å². The zero-order chi connectivity index (χ0) is 19.3. The van der Waals surface area contributed by atoms with Gasteiger partial charge < -0.3 is 0 Å². The van der Waals surface area contributed by atoms with Gasteiger partial charge >= 0.3 is 5.69 Å². The molecule has 1 aliphatic heterocycles. The Labute approximate surface area is 164 Å². The smallest absolute Gasteiger partial charge is 0.299 e. The van der Waals surface area contributed by atoms with Crippen LogP contribution in [0.5, 0.6) is 0 Å². The van der Waals surface area contributed by atoms with Crippen molar-refractivity contribution < 1.29 is 0 Å². The van der Waals surface area contributed by atoms with Gasteiger partial charge in [-0.15, -0.1) is 0 Å². The third-order valence-electron chi connectivity index (χ3n) is 5.41. The summed E-state index contributed by atoms with van der Waals surface area (Å²) < 4.78 is 1.77. The lowest BCUT2D eigenvalue weighted by molar-refractivity contribution is 0.200. The third kappa shape index (κ3) is 4.05. The summed E-state index contributed by atoms with van der Waals surface area (Å²) in [7, 11) is 0. The summed E-state index contributed by atoms with van der Waals surface area (Å²) in [4.78, 5) is 14.7.